The first-order chi connectivity index (χ1) is 6.24. The molecule has 0 heterocycles. The predicted molar refractivity (Wildman–Crippen MR) is 55.4 cm³/mol. The molecule has 0 atom stereocenters. The van der Waals surface area contributed by atoms with Gasteiger partial charge in [0.2, 0.25) is 0 Å². The summed E-state index contributed by atoms with van der Waals surface area (Å²) in [5.41, 5.74) is 2.15. The van der Waals surface area contributed by atoms with Crippen LogP contribution in [0.15, 0.2) is 36.4 Å². The van der Waals surface area contributed by atoms with Crippen LogP contribution in [0.25, 0.3) is 5.57 Å². The van der Waals surface area contributed by atoms with Crippen molar-refractivity contribution in [2.24, 2.45) is 0 Å². The maximum atomic E-state index is 11.1. The highest BCUT2D eigenvalue weighted by Crippen LogP contribution is 2.12. The van der Waals surface area contributed by atoms with E-state index in [0.717, 1.165) is 11.1 Å². The number of hydrogen-bond acceptors (Lipinski definition) is 1. The van der Waals surface area contributed by atoms with Gasteiger partial charge in [0.1, 0.15) is 0 Å². The maximum Gasteiger partial charge on any atom is 0.155 e. The molecule has 0 N–H and O–H groups in total. The third-order valence-corrected chi connectivity index (χ3v) is 1.96. The number of carbonyl (C=O) groups is 1. The van der Waals surface area contributed by atoms with Gasteiger partial charge in [0.25, 0.3) is 0 Å². The number of hydrogen-bond donors (Lipinski definition) is 0. The second-order valence-electron chi connectivity index (χ2n) is 3.01. The van der Waals surface area contributed by atoms with E-state index in [9.17, 15) is 4.79 Å². The Labute approximate surface area is 79.1 Å². The van der Waals surface area contributed by atoms with Crippen molar-refractivity contribution >= 4 is 11.4 Å². The summed E-state index contributed by atoms with van der Waals surface area (Å²) in [4.78, 5) is 11.1. The highest BCUT2D eigenvalue weighted by atomic mass is 16.1. The Balaban J connectivity index is 2.85. The fourth-order valence-electron chi connectivity index (χ4n) is 1.13. The fraction of sp³-hybridized carbons (Fsp3) is 0.250. The number of rotatable bonds is 3. The molecule has 0 spiro atoms. The lowest BCUT2D eigenvalue weighted by atomic mass is 10.1. The van der Waals surface area contributed by atoms with E-state index in [0.29, 0.717) is 6.42 Å². The molecule has 1 rings (SSSR count). The van der Waals surface area contributed by atoms with Gasteiger partial charge in [-0.25, -0.2) is 0 Å². The second-order valence-corrected chi connectivity index (χ2v) is 3.01. The van der Waals surface area contributed by atoms with Crippen molar-refractivity contribution in [3.63, 3.8) is 0 Å². The van der Waals surface area contributed by atoms with Crippen molar-refractivity contribution < 1.29 is 4.79 Å². The van der Waals surface area contributed by atoms with E-state index >= 15 is 0 Å². The molecule has 0 fully saturated rings. The molecule has 0 bridgehead atoms. The lowest BCUT2D eigenvalue weighted by Crippen LogP contribution is -1.90. The van der Waals surface area contributed by atoms with Crippen LogP contribution in [0.3, 0.4) is 0 Å². The van der Waals surface area contributed by atoms with E-state index in [1.54, 1.807) is 6.08 Å². The van der Waals surface area contributed by atoms with Gasteiger partial charge in [-0.2, -0.15) is 0 Å². The zero-order valence-corrected chi connectivity index (χ0v) is 8.08. The number of benzene rings is 1. The molecule has 0 aliphatic heterocycles. The molecule has 68 valence electrons. The fourth-order valence-corrected chi connectivity index (χ4v) is 1.13. The Morgan fingerprint density at radius 1 is 1.31 bits per heavy atom. The van der Waals surface area contributed by atoms with Crippen LogP contribution in [-0.4, -0.2) is 5.78 Å². The SMILES string of the molecule is CCC(=O)/C=C(\C)c1ccccc1. The quantitative estimate of drug-likeness (QED) is 0.643. The van der Waals surface area contributed by atoms with Gasteiger partial charge in [-0.15, -0.1) is 0 Å². The summed E-state index contributed by atoms with van der Waals surface area (Å²) in [6.07, 6.45) is 2.28. The summed E-state index contributed by atoms with van der Waals surface area (Å²) in [6.45, 7) is 3.83. The van der Waals surface area contributed by atoms with Crippen LogP contribution >= 0.6 is 0 Å². The molecule has 1 heteroatoms. The highest BCUT2D eigenvalue weighted by molar-refractivity contribution is 5.96. The Hall–Kier alpha value is -1.37. The number of carbonyl (C=O) groups excluding carboxylic acids is 1. The van der Waals surface area contributed by atoms with E-state index in [2.05, 4.69) is 0 Å². The van der Waals surface area contributed by atoms with Crippen molar-refractivity contribution in [3.8, 4) is 0 Å². The summed E-state index contributed by atoms with van der Waals surface area (Å²) in [5.74, 6) is 0.182. The standard InChI is InChI=1S/C12H14O/c1-3-12(13)9-10(2)11-7-5-4-6-8-11/h4-9H,3H2,1-2H3/b10-9+. The third kappa shape index (κ3) is 2.86. The van der Waals surface area contributed by atoms with Crippen molar-refractivity contribution in [1.82, 2.24) is 0 Å². The van der Waals surface area contributed by atoms with Gasteiger partial charge in [0.05, 0.1) is 0 Å². The Morgan fingerprint density at radius 2 is 1.92 bits per heavy atom. The molecule has 1 nitrogen and oxygen atoms in total. The maximum absolute atomic E-state index is 11.1. The highest BCUT2D eigenvalue weighted by Gasteiger charge is 1.96. The van der Waals surface area contributed by atoms with Crippen LogP contribution in [-0.2, 0) is 4.79 Å². The van der Waals surface area contributed by atoms with Crippen LogP contribution in [0.1, 0.15) is 25.8 Å². The normalized spacial score (nSPS) is 11.4. The van der Waals surface area contributed by atoms with Crippen LogP contribution in [0.2, 0.25) is 0 Å². The van der Waals surface area contributed by atoms with E-state index < -0.39 is 0 Å². The average molecular weight is 174 g/mol. The molecule has 1 aromatic rings. The van der Waals surface area contributed by atoms with Gasteiger partial charge in [-0.1, -0.05) is 37.3 Å². The monoisotopic (exact) mass is 174 g/mol. The third-order valence-electron chi connectivity index (χ3n) is 1.96. The molecule has 0 aliphatic rings. The number of ketones is 1. The zero-order chi connectivity index (χ0) is 9.68. The molecule has 0 unspecified atom stereocenters. The molecule has 0 radical (unpaired) electrons. The smallest absolute Gasteiger partial charge is 0.155 e. The van der Waals surface area contributed by atoms with Crippen LogP contribution in [0.5, 0.6) is 0 Å². The molecule has 0 aromatic heterocycles. The predicted octanol–water partition coefficient (Wildman–Crippen LogP) is 3.07. The molecule has 13 heavy (non-hydrogen) atoms. The van der Waals surface area contributed by atoms with E-state index in [1.165, 1.54) is 0 Å². The van der Waals surface area contributed by atoms with E-state index in [1.807, 2.05) is 44.2 Å². The first-order valence-electron chi connectivity index (χ1n) is 4.50. The largest absolute Gasteiger partial charge is 0.295 e. The molecular weight excluding hydrogens is 160 g/mol. The summed E-state index contributed by atoms with van der Waals surface area (Å²) < 4.78 is 0. The zero-order valence-electron chi connectivity index (χ0n) is 8.08. The molecular formula is C12H14O. The lowest BCUT2D eigenvalue weighted by molar-refractivity contribution is -0.114. The minimum absolute atomic E-state index is 0.182. The minimum atomic E-state index is 0.182. The molecule has 0 aliphatic carbocycles. The molecule has 1 aromatic carbocycles. The van der Waals surface area contributed by atoms with Crippen LogP contribution in [0, 0.1) is 0 Å². The first kappa shape index (κ1) is 9.72. The summed E-state index contributed by atoms with van der Waals surface area (Å²) in [6, 6.07) is 9.94. The lowest BCUT2D eigenvalue weighted by Gasteiger charge is -1.99. The average Bonchev–Trinajstić information content (AvgIpc) is 2.19. The Bertz CT molecular complexity index is 309. The Kier molecular flexibility index (Phi) is 3.44. The van der Waals surface area contributed by atoms with Crippen molar-refractivity contribution in [2.45, 2.75) is 20.3 Å². The van der Waals surface area contributed by atoms with E-state index in [4.69, 9.17) is 0 Å². The number of allylic oxidation sites excluding steroid dienone is 2. The van der Waals surface area contributed by atoms with Gasteiger partial charge in [-0.3, -0.25) is 4.79 Å². The van der Waals surface area contributed by atoms with Crippen molar-refractivity contribution in [1.29, 1.82) is 0 Å². The minimum Gasteiger partial charge on any atom is -0.295 e. The van der Waals surface area contributed by atoms with E-state index in [-0.39, 0.29) is 5.78 Å². The van der Waals surface area contributed by atoms with Crippen molar-refractivity contribution in [3.05, 3.63) is 42.0 Å². The molecule has 0 saturated carbocycles. The first-order valence-corrected chi connectivity index (χ1v) is 4.50. The van der Waals surface area contributed by atoms with Gasteiger partial charge in [0, 0.05) is 6.42 Å². The van der Waals surface area contributed by atoms with Gasteiger partial charge in [0.15, 0.2) is 5.78 Å². The summed E-state index contributed by atoms with van der Waals surface area (Å²) in [5, 5.41) is 0. The Morgan fingerprint density at radius 3 is 2.46 bits per heavy atom. The molecule has 0 saturated heterocycles. The van der Waals surface area contributed by atoms with Crippen molar-refractivity contribution in [2.75, 3.05) is 0 Å². The summed E-state index contributed by atoms with van der Waals surface area (Å²) >= 11 is 0. The second kappa shape index (κ2) is 4.61. The van der Waals surface area contributed by atoms with Crippen LogP contribution in [0.4, 0.5) is 0 Å². The van der Waals surface area contributed by atoms with Crippen LogP contribution < -0.4 is 0 Å². The van der Waals surface area contributed by atoms with Gasteiger partial charge >= 0.3 is 0 Å². The topological polar surface area (TPSA) is 17.1 Å². The molecule has 0 amide bonds. The summed E-state index contributed by atoms with van der Waals surface area (Å²) in [7, 11) is 0. The van der Waals surface area contributed by atoms with Gasteiger partial charge in [-0.05, 0) is 24.1 Å². The van der Waals surface area contributed by atoms with Gasteiger partial charge < -0.3 is 0 Å².